The number of furan rings is 1. The van der Waals surface area contributed by atoms with Crippen molar-refractivity contribution >= 4 is 34.5 Å². The van der Waals surface area contributed by atoms with Gasteiger partial charge in [0, 0.05) is 35.8 Å². The highest BCUT2D eigenvalue weighted by atomic mass is 32.1. The summed E-state index contributed by atoms with van der Waals surface area (Å²) in [5, 5.41) is 4.98. The molecule has 1 N–H and O–H groups in total. The number of hydrogen-bond donors (Lipinski definition) is 1. The number of carbonyl (C=O) groups is 2. The van der Waals surface area contributed by atoms with Crippen LogP contribution in [0.25, 0.3) is 0 Å². The van der Waals surface area contributed by atoms with Crippen molar-refractivity contribution in [1.29, 1.82) is 0 Å². The molecule has 0 bridgehead atoms. The molecule has 1 saturated heterocycles. The zero-order chi connectivity index (χ0) is 20.1. The van der Waals surface area contributed by atoms with Crippen LogP contribution in [-0.4, -0.2) is 29.8 Å². The molecule has 1 fully saturated rings. The molecule has 4 rings (SSSR count). The van der Waals surface area contributed by atoms with Crippen LogP contribution >= 0.6 is 11.3 Å². The summed E-state index contributed by atoms with van der Waals surface area (Å²) < 4.78 is 5.45. The van der Waals surface area contributed by atoms with Crippen LogP contribution in [0, 0.1) is 0 Å². The van der Waals surface area contributed by atoms with E-state index in [1.807, 2.05) is 47.8 Å². The van der Waals surface area contributed by atoms with Gasteiger partial charge in [-0.3, -0.25) is 14.5 Å². The number of rotatable bonds is 8. The standard InChI is InChI=1S/C22H23N3O3S/c26-21(23-17-7-9-18(10-8-17)25-11-1-6-22(25)27)16-24(14-19-4-2-12-28-19)15-20-5-3-13-29-20/h2-5,7-10,12-13H,1,6,11,14-16H2,(H,23,26). The highest BCUT2D eigenvalue weighted by molar-refractivity contribution is 7.09. The van der Waals surface area contributed by atoms with Gasteiger partial charge >= 0.3 is 0 Å². The first-order valence-corrected chi connectivity index (χ1v) is 10.5. The molecule has 0 saturated carbocycles. The summed E-state index contributed by atoms with van der Waals surface area (Å²) in [5.41, 5.74) is 1.60. The van der Waals surface area contributed by atoms with Crippen LogP contribution in [0.2, 0.25) is 0 Å². The molecule has 6 nitrogen and oxygen atoms in total. The number of benzene rings is 1. The molecule has 3 aromatic rings. The number of amides is 2. The van der Waals surface area contributed by atoms with Gasteiger partial charge in [0.05, 0.1) is 19.4 Å². The highest BCUT2D eigenvalue weighted by Crippen LogP contribution is 2.23. The molecule has 1 aliphatic rings. The van der Waals surface area contributed by atoms with Crippen molar-refractivity contribution in [3.05, 3.63) is 70.8 Å². The number of nitrogens with one attached hydrogen (secondary N) is 1. The predicted octanol–water partition coefficient (Wildman–Crippen LogP) is 4.11. The molecule has 2 amide bonds. The monoisotopic (exact) mass is 409 g/mol. The quantitative estimate of drug-likeness (QED) is 0.608. The van der Waals surface area contributed by atoms with Crippen LogP contribution < -0.4 is 10.2 Å². The molecular formula is C22H23N3O3S. The Labute approximate surface area is 173 Å². The molecule has 0 radical (unpaired) electrons. The van der Waals surface area contributed by atoms with Crippen LogP contribution in [0.1, 0.15) is 23.5 Å². The lowest BCUT2D eigenvalue weighted by atomic mass is 10.2. The molecular weight excluding hydrogens is 386 g/mol. The van der Waals surface area contributed by atoms with Crippen LogP contribution in [0.4, 0.5) is 11.4 Å². The molecule has 3 heterocycles. The van der Waals surface area contributed by atoms with E-state index in [0.717, 1.165) is 30.1 Å². The SMILES string of the molecule is O=C(CN(Cc1ccco1)Cc1cccs1)Nc1ccc(N2CCCC2=O)cc1. The van der Waals surface area contributed by atoms with E-state index >= 15 is 0 Å². The minimum atomic E-state index is -0.0851. The van der Waals surface area contributed by atoms with E-state index in [4.69, 9.17) is 4.42 Å². The average Bonchev–Trinajstić information content (AvgIpc) is 3.46. The van der Waals surface area contributed by atoms with Gasteiger partial charge in [0.2, 0.25) is 11.8 Å². The lowest BCUT2D eigenvalue weighted by Gasteiger charge is -2.20. The Morgan fingerprint density at radius 1 is 1.14 bits per heavy atom. The van der Waals surface area contributed by atoms with Gasteiger partial charge in [-0.15, -0.1) is 11.3 Å². The second-order valence-electron chi connectivity index (χ2n) is 7.05. The summed E-state index contributed by atoms with van der Waals surface area (Å²) in [4.78, 5) is 29.5. The Balaban J connectivity index is 1.37. The third-order valence-electron chi connectivity index (χ3n) is 4.82. The van der Waals surface area contributed by atoms with Crippen LogP contribution in [0.5, 0.6) is 0 Å². The van der Waals surface area contributed by atoms with Gasteiger partial charge in [-0.2, -0.15) is 0 Å². The minimum Gasteiger partial charge on any atom is -0.468 e. The van der Waals surface area contributed by atoms with E-state index in [1.165, 1.54) is 4.88 Å². The lowest BCUT2D eigenvalue weighted by molar-refractivity contribution is -0.118. The molecule has 7 heteroatoms. The van der Waals surface area contributed by atoms with Crippen molar-refractivity contribution in [3.63, 3.8) is 0 Å². The molecule has 0 spiro atoms. The molecule has 0 aliphatic carbocycles. The molecule has 29 heavy (non-hydrogen) atoms. The number of anilines is 2. The number of nitrogens with zero attached hydrogens (tertiary/aromatic N) is 2. The summed E-state index contributed by atoms with van der Waals surface area (Å²) in [5.74, 6) is 0.899. The van der Waals surface area contributed by atoms with Crippen molar-refractivity contribution in [2.45, 2.75) is 25.9 Å². The second kappa shape index (κ2) is 9.07. The van der Waals surface area contributed by atoms with Crippen LogP contribution in [0.3, 0.4) is 0 Å². The summed E-state index contributed by atoms with van der Waals surface area (Å²) in [6.45, 7) is 2.26. The van der Waals surface area contributed by atoms with E-state index in [9.17, 15) is 9.59 Å². The van der Waals surface area contributed by atoms with Crippen molar-refractivity contribution in [2.24, 2.45) is 0 Å². The maximum absolute atomic E-state index is 12.6. The first-order valence-electron chi connectivity index (χ1n) is 9.65. The summed E-state index contributed by atoms with van der Waals surface area (Å²) >= 11 is 1.67. The van der Waals surface area contributed by atoms with Crippen molar-refractivity contribution in [3.8, 4) is 0 Å². The summed E-state index contributed by atoms with van der Waals surface area (Å²) in [7, 11) is 0. The number of thiophene rings is 1. The largest absolute Gasteiger partial charge is 0.468 e. The van der Waals surface area contributed by atoms with Crippen molar-refractivity contribution in [2.75, 3.05) is 23.3 Å². The van der Waals surface area contributed by atoms with E-state index in [1.54, 1.807) is 22.5 Å². The lowest BCUT2D eigenvalue weighted by Crippen LogP contribution is -2.32. The number of carbonyl (C=O) groups excluding carboxylic acids is 2. The fraction of sp³-hybridized carbons (Fsp3) is 0.273. The Bertz CT molecular complexity index is 900. The molecule has 1 aliphatic heterocycles. The molecule has 2 aromatic heterocycles. The van der Waals surface area contributed by atoms with E-state index in [-0.39, 0.29) is 18.4 Å². The highest BCUT2D eigenvalue weighted by Gasteiger charge is 2.21. The Hall–Kier alpha value is -2.90. The van der Waals surface area contributed by atoms with Gasteiger partial charge in [0.25, 0.3) is 0 Å². The van der Waals surface area contributed by atoms with Crippen molar-refractivity contribution in [1.82, 2.24) is 4.90 Å². The third-order valence-corrected chi connectivity index (χ3v) is 5.68. The van der Waals surface area contributed by atoms with Gasteiger partial charge in [-0.1, -0.05) is 6.07 Å². The Morgan fingerprint density at radius 3 is 2.66 bits per heavy atom. The van der Waals surface area contributed by atoms with E-state index in [2.05, 4.69) is 16.3 Å². The van der Waals surface area contributed by atoms with E-state index < -0.39 is 0 Å². The fourth-order valence-corrected chi connectivity index (χ4v) is 4.21. The fourth-order valence-electron chi connectivity index (χ4n) is 3.46. The molecule has 0 atom stereocenters. The molecule has 0 unspecified atom stereocenters. The maximum Gasteiger partial charge on any atom is 0.238 e. The first kappa shape index (κ1) is 19.4. The minimum absolute atomic E-state index is 0.0851. The zero-order valence-corrected chi connectivity index (χ0v) is 16.9. The van der Waals surface area contributed by atoms with Crippen molar-refractivity contribution < 1.29 is 14.0 Å². The van der Waals surface area contributed by atoms with Gasteiger partial charge < -0.3 is 14.6 Å². The second-order valence-corrected chi connectivity index (χ2v) is 8.08. The first-order chi connectivity index (χ1) is 14.2. The van der Waals surface area contributed by atoms with E-state index in [0.29, 0.717) is 19.5 Å². The molecule has 150 valence electrons. The predicted molar refractivity (Wildman–Crippen MR) is 114 cm³/mol. The summed E-state index contributed by atoms with van der Waals surface area (Å²) in [6, 6.07) is 15.3. The van der Waals surface area contributed by atoms with Crippen LogP contribution in [-0.2, 0) is 22.7 Å². The third kappa shape index (κ3) is 5.13. The van der Waals surface area contributed by atoms with Gasteiger partial charge in [0.15, 0.2) is 0 Å². The number of hydrogen-bond acceptors (Lipinski definition) is 5. The van der Waals surface area contributed by atoms with Crippen LogP contribution in [0.15, 0.2) is 64.6 Å². The normalized spacial score (nSPS) is 14.0. The molecule has 1 aromatic carbocycles. The van der Waals surface area contributed by atoms with Gasteiger partial charge in [0.1, 0.15) is 5.76 Å². The smallest absolute Gasteiger partial charge is 0.238 e. The van der Waals surface area contributed by atoms with Gasteiger partial charge in [-0.05, 0) is 54.3 Å². The van der Waals surface area contributed by atoms with Gasteiger partial charge in [-0.25, -0.2) is 0 Å². The average molecular weight is 410 g/mol. The zero-order valence-electron chi connectivity index (χ0n) is 16.0. The Morgan fingerprint density at radius 2 is 2.00 bits per heavy atom. The summed E-state index contributed by atoms with van der Waals surface area (Å²) in [6.07, 6.45) is 3.15. The Kier molecular flexibility index (Phi) is 6.07. The maximum atomic E-state index is 12.6. The topological polar surface area (TPSA) is 65.8 Å².